The molecular weight excluding hydrogens is 302 g/mol. The molecule has 3 nitrogen and oxygen atoms in total. The Morgan fingerprint density at radius 2 is 2.16 bits per heavy atom. The Morgan fingerprint density at radius 1 is 1.37 bits per heavy atom. The molecule has 0 bridgehead atoms. The molecule has 0 saturated carbocycles. The Bertz CT molecular complexity index is 418. The number of hydrogen-bond acceptors (Lipinski definition) is 3. The minimum atomic E-state index is 0.458. The van der Waals surface area contributed by atoms with Crippen molar-refractivity contribution >= 4 is 21.9 Å². The van der Waals surface area contributed by atoms with Gasteiger partial charge in [0.15, 0.2) is 0 Å². The third-order valence-corrected chi connectivity index (χ3v) is 4.24. The van der Waals surface area contributed by atoms with E-state index >= 15 is 0 Å². The van der Waals surface area contributed by atoms with E-state index in [0.717, 1.165) is 29.2 Å². The predicted molar refractivity (Wildman–Crippen MR) is 84.3 cm³/mol. The van der Waals surface area contributed by atoms with Crippen LogP contribution < -0.4 is 4.90 Å². The molecule has 19 heavy (non-hydrogen) atoms. The zero-order chi connectivity index (χ0) is 13.8. The van der Waals surface area contributed by atoms with Crippen molar-refractivity contribution < 1.29 is 0 Å². The molecule has 1 unspecified atom stereocenters. The van der Waals surface area contributed by atoms with Crippen molar-refractivity contribution in [2.45, 2.75) is 58.4 Å². The standard InChI is InChI=1S/C15H24BrN3/c1-11(2)14-10-12(3)17-15(18-14)19-9-5-4-6-13(19)7-8-16/h10-11,13H,4-9H2,1-3H3. The van der Waals surface area contributed by atoms with Crippen molar-refractivity contribution in [1.82, 2.24) is 9.97 Å². The predicted octanol–water partition coefficient (Wildman–Crippen LogP) is 4.05. The van der Waals surface area contributed by atoms with Crippen molar-refractivity contribution in [3.05, 3.63) is 17.5 Å². The summed E-state index contributed by atoms with van der Waals surface area (Å²) in [4.78, 5) is 11.9. The maximum atomic E-state index is 4.79. The molecule has 0 N–H and O–H groups in total. The number of hydrogen-bond donors (Lipinski definition) is 0. The van der Waals surface area contributed by atoms with Gasteiger partial charge in [-0.1, -0.05) is 29.8 Å². The molecule has 2 rings (SSSR count). The van der Waals surface area contributed by atoms with Crippen LogP contribution in [0.3, 0.4) is 0 Å². The Hall–Kier alpha value is -0.640. The van der Waals surface area contributed by atoms with Gasteiger partial charge in [-0.15, -0.1) is 0 Å². The van der Waals surface area contributed by atoms with Crippen LogP contribution >= 0.6 is 15.9 Å². The van der Waals surface area contributed by atoms with Crippen LogP contribution in [-0.2, 0) is 0 Å². The Labute approximate surface area is 125 Å². The van der Waals surface area contributed by atoms with Crippen LogP contribution in [0.1, 0.15) is 56.8 Å². The molecule has 1 fully saturated rings. The number of piperidine rings is 1. The number of rotatable bonds is 4. The topological polar surface area (TPSA) is 29.0 Å². The largest absolute Gasteiger partial charge is 0.338 e. The third kappa shape index (κ3) is 3.68. The number of anilines is 1. The SMILES string of the molecule is Cc1cc(C(C)C)nc(N2CCCCC2CCBr)n1. The first kappa shape index (κ1) is 14.8. The van der Waals surface area contributed by atoms with Gasteiger partial charge < -0.3 is 4.90 Å². The smallest absolute Gasteiger partial charge is 0.226 e. The first-order valence-corrected chi connectivity index (χ1v) is 8.42. The normalized spacial score (nSPS) is 20.1. The molecule has 1 saturated heterocycles. The van der Waals surface area contributed by atoms with Gasteiger partial charge in [0, 0.05) is 29.3 Å². The van der Waals surface area contributed by atoms with Crippen LogP contribution in [0.2, 0.25) is 0 Å². The average molecular weight is 326 g/mol. The summed E-state index contributed by atoms with van der Waals surface area (Å²) in [7, 11) is 0. The van der Waals surface area contributed by atoms with Crippen LogP contribution in [0.4, 0.5) is 5.95 Å². The van der Waals surface area contributed by atoms with Crippen molar-refractivity contribution in [3.8, 4) is 0 Å². The number of nitrogens with zero attached hydrogens (tertiary/aromatic N) is 3. The van der Waals surface area contributed by atoms with E-state index in [4.69, 9.17) is 4.98 Å². The lowest BCUT2D eigenvalue weighted by Gasteiger charge is -2.36. The Kier molecular flexibility index (Phi) is 5.20. The van der Waals surface area contributed by atoms with Crippen LogP contribution in [0.5, 0.6) is 0 Å². The molecule has 1 aliphatic rings. The van der Waals surface area contributed by atoms with E-state index in [9.17, 15) is 0 Å². The summed E-state index contributed by atoms with van der Waals surface area (Å²) < 4.78 is 0. The summed E-state index contributed by atoms with van der Waals surface area (Å²) in [5, 5.41) is 1.05. The van der Waals surface area contributed by atoms with Gasteiger partial charge in [-0.2, -0.15) is 0 Å². The second-order valence-electron chi connectivity index (χ2n) is 5.71. The van der Waals surface area contributed by atoms with Gasteiger partial charge in [0.05, 0.1) is 0 Å². The fourth-order valence-corrected chi connectivity index (χ4v) is 3.22. The van der Waals surface area contributed by atoms with Crippen LogP contribution in [0, 0.1) is 6.92 Å². The van der Waals surface area contributed by atoms with Crippen LogP contribution in [0.25, 0.3) is 0 Å². The number of alkyl halides is 1. The van der Waals surface area contributed by atoms with Crippen LogP contribution in [-0.4, -0.2) is 27.9 Å². The molecular formula is C15H24BrN3. The zero-order valence-corrected chi connectivity index (χ0v) is 13.8. The molecule has 106 valence electrons. The molecule has 1 aromatic rings. The van der Waals surface area contributed by atoms with Crippen molar-refractivity contribution in [2.24, 2.45) is 0 Å². The van der Waals surface area contributed by atoms with Crippen molar-refractivity contribution in [1.29, 1.82) is 0 Å². The van der Waals surface area contributed by atoms with Crippen LogP contribution in [0.15, 0.2) is 6.07 Å². The number of aromatic nitrogens is 2. The van der Waals surface area contributed by atoms with Gasteiger partial charge in [-0.05, 0) is 44.6 Å². The fourth-order valence-electron chi connectivity index (χ4n) is 2.69. The van der Waals surface area contributed by atoms with Gasteiger partial charge in [0.1, 0.15) is 0 Å². The van der Waals surface area contributed by atoms with Crippen molar-refractivity contribution in [2.75, 3.05) is 16.8 Å². The quantitative estimate of drug-likeness (QED) is 0.782. The lowest BCUT2D eigenvalue weighted by atomic mass is 10.0. The molecule has 4 heteroatoms. The second kappa shape index (κ2) is 6.69. The number of halogens is 1. The first-order chi connectivity index (χ1) is 9.11. The summed E-state index contributed by atoms with van der Waals surface area (Å²) in [6, 6.07) is 2.70. The molecule has 2 heterocycles. The van der Waals surface area contributed by atoms with E-state index in [1.165, 1.54) is 25.7 Å². The molecule has 0 amide bonds. The van der Waals surface area contributed by atoms with Crippen molar-refractivity contribution in [3.63, 3.8) is 0 Å². The lowest BCUT2D eigenvalue weighted by Crippen LogP contribution is -2.41. The molecule has 0 spiro atoms. The summed E-state index contributed by atoms with van der Waals surface area (Å²) in [5.74, 6) is 1.40. The highest BCUT2D eigenvalue weighted by molar-refractivity contribution is 9.09. The van der Waals surface area contributed by atoms with E-state index in [2.05, 4.69) is 52.7 Å². The highest BCUT2D eigenvalue weighted by Crippen LogP contribution is 2.26. The molecule has 0 radical (unpaired) electrons. The third-order valence-electron chi connectivity index (χ3n) is 3.78. The lowest BCUT2D eigenvalue weighted by molar-refractivity contribution is 0.445. The molecule has 1 aliphatic heterocycles. The highest BCUT2D eigenvalue weighted by atomic mass is 79.9. The van der Waals surface area contributed by atoms with E-state index in [1.807, 2.05) is 0 Å². The van der Waals surface area contributed by atoms with Gasteiger partial charge in [0.2, 0.25) is 5.95 Å². The maximum Gasteiger partial charge on any atom is 0.226 e. The maximum absolute atomic E-state index is 4.79. The Balaban J connectivity index is 2.27. The summed E-state index contributed by atoms with van der Waals surface area (Å²) >= 11 is 3.57. The second-order valence-corrected chi connectivity index (χ2v) is 6.50. The average Bonchev–Trinajstić information content (AvgIpc) is 2.39. The monoisotopic (exact) mass is 325 g/mol. The molecule has 0 aromatic carbocycles. The molecule has 0 aliphatic carbocycles. The minimum Gasteiger partial charge on any atom is -0.338 e. The fraction of sp³-hybridized carbons (Fsp3) is 0.733. The van der Waals surface area contributed by atoms with Gasteiger partial charge in [-0.25, -0.2) is 9.97 Å². The first-order valence-electron chi connectivity index (χ1n) is 7.30. The van der Waals surface area contributed by atoms with E-state index in [1.54, 1.807) is 0 Å². The molecule has 1 aromatic heterocycles. The highest BCUT2D eigenvalue weighted by Gasteiger charge is 2.24. The summed E-state index contributed by atoms with van der Waals surface area (Å²) in [6.07, 6.45) is 5.03. The summed E-state index contributed by atoms with van der Waals surface area (Å²) in [5.41, 5.74) is 2.24. The molecule has 1 atom stereocenters. The number of aryl methyl sites for hydroxylation is 1. The van der Waals surface area contributed by atoms with E-state index in [-0.39, 0.29) is 0 Å². The van der Waals surface area contributed by atoms with E-state index in [0.29, 0.717) is 12.0 Å². The Morgan fingerprint density at radius 3 is 2.84 bits per heavy atom. The van der Waals surface area contributed by atoms with E-state index < -0.39 is 0 Å². The minimum absolute atomic E-state index is 0.458. The summed E-state index contributed by atoms with van der Waals surface area (Å²) in [6.45, 7) is 7.55. The van der Waals surface area contributed by atoms with Gasteiger partial charge in [-0.3, -0.25) is 0 Å². The zero-order valence-electron chi connectivity index (χ0n) is 12.2. The van der Waals surface area contributed by atoms with Gasteiger partial charge in [0.25, 0.3) is 0 Å². The van der Waals surface area contributed by atoms with Gasteiger partial charge >= 0.3 is 0 Å².